The highest BCUT2D eigenvalue weighted by atomic mass is 16.5. The summed E-state index contributed by atoms with van der Waals surface area (Å²) in [5.41, 5.74) is 0.469. The summed E-state index contributed by atoms with van der Waals surface area (Å²) in [7, 11) is 0. The maximum Gasteiger partial charge on any atom is 0.377 e. The van der Waals surface area contributed by atoms with Gasteiger partial charge >= 0.3 is 5.97 Å². The van der Waals surface area contributed by atoms with Crippen molar-refractivity contribution in [2.24, 2.45) is 0 Å². The number of carbonyl (C=O) groups is 1. The van der Waals surface area contributed by atoms with Gasteiger partial charge in [-0.1, -0.05) is 0 Å². The lowest BCUT2D eigenvalue weighted by Crippen LogP contribution is -1.98. The van der Waals surface area contributed by atoms with Crippen molar-refractivity contribution in [3.8, 4) is 11.6 Å². The van der Waals surface area contributed by atoms with Gasteiger partial charge < -0.3 is 14.2 Å². The number of hydrogen-bond acceptors (Lipinski definition) is 5. The second-order valence-corrected chi connectivity index (χ2v) is 2.82. The highest BCUT2D eigenvalue weighted by Gasteiger charge is 2.15. The van der Waals surface area contributed by atoms with Crippen LogP contribution in [0.4, 0.5) is 0 Å². The number of nitrogens with zero attached hydrogens (tertiary/aromatic N) is 4. The van der Waals surface area contributed by atoms with E-state index in [4.69, 9.17) is 9.63 Å². The number of aromatic carboxylic acids is 1. The third kappa shape index (κ3) is 1.71. The molecule has 7 heteroatoms. The van der Waals surface area contributed by atoms with E-state index in [-0.39, 0.29) is 11.7 Å². The van der Waals surface area contributed by atoms with Crippen LogP contribution in [-0.2, 0) is 6.54 Å². The maximum atomic E-state index is 10.5. The normalized spacial score (nSPS) is 10.5. The lowest BCUT2D eigenvalue weighted by atomic mass is 10.5. The Bertz CT molecular complexity index is 488. The van der Waals surface area contributed by atoms with E-state index in [9.17, 15) is 4.79 Å². The molecule has 0 aliphatic carbocycles. The van der Waals surface area contributed by atoms with Crippen LogP contribution in [0.5, 0.6) is 0 Å². The zero-order chi connectivity index (χ0) is 10.8. The van der Waals surface area contributed by atoms with Crippen LogP contribution in [0.1, 0.15) is 17.5 Å². The summed E-state index contributed by atoms with van der Waals surface area (Å²) in [6.45, 7) is 2.73. The van der Waals surface area contributed by atoms with Gasteiger partial charge in [0.05, 0.1) is 6.33 Å². The van der Waals surface area contributed by atoms with Gasteiger partial charge in [0.25, 0.3) is 11.7 Å². The Morgan fingerprint density at radius 3 is 3.00 bits per heavy atom. The number of imidazole rings is 1. The number of rotatable bonds is 3. The van der Waals surface area contributed by atoms with E-state index in [2.05, 4.69) is 15.1 Å². The predicted octanol–water partition coefficient (Wildman–Crippen LogP) is 0.651. The van der Waals surface area contributed by atoms with Crippen LogP contribution in [0.3, 0.4) is 0 Å². The Labute approximate surface area is 84.4 Å². The lowest BCUT2D eigenvalue weighted by molar-refractivity contribution is 0.0680. The average Bonchev–Trinajstić information content (AvgIpc) is 2.86. The predicted molar refractivity (Wildman–Crippen MR) is 48.2 cm³/mol. The van der Waals surface area contributed by atoms with Crippen molar-refractivity contribution >= 4 is 5.97 Å². The summed E-state index contributed by atoms with van der Waals surface area (Å²) < 4.78 is 6.57. The number of aromatic nitrogens is 4. The van der Waals surface area contributed by atoms with Gasteiger partial charge in [-0.15, -0.1) is 0 Å². The molecule has 2 aromatic rings. The molecule has 0 aliphatic rings. The van der Waals surface area contributed by atoms with Crippen molar-refractivity contribution in [2.45, 2.75) is 13.5 Å². The van der Waals surface area contributed by atoms with Crippen LogP contribution >= 0.6 is 0 Å². The summed E-state index contributed by atoms with van der Waals surface area (Å²) in [6.07, 6.45) is 3.32. The van der Waals surface area contributed by atoms with E-state index in [1.807, 2.05) is 11.5 Å². The molecular weight excluding hydrogens is 200 g/mol. The Kier molecular flexibility index (Phi) is 2.20. The Morgan fingerprint density at radius 2 is 2.47 bits per heavy atom. The summed E-state index contributed by atoms with van der Waals surface area (Å²) in [4.78, 5) is 18.2. The lowest BCUT2D eigenvalue weighted by Gasteiger charge is -1.89. The summed E-state index contributed by atoms with van der Waals surface area (Å²) in [5.74, 6) is -1.48. The zero-order valence-electron chi connectivity index (χ0n) is 7.91. The first-order valence-corrected chi connectivity index (χ1v) is 4.30. The van der Waals surface area contributed by atoms with Crippen molar-refractivity contribution in [1.29, 1.82) is 0 Å². The van der Waals surface area contributed by atoms with Crippen LogP contribution < -0.4 is 0 Å². The highest BCUT2D eigenvalue weighted by Crippen LogP contribution is 2.13. The Balaban J connectivity index is 2.32. The molecule has 0 atom stereocenters. The quantitative estimate of drug-likeness (QED) is 0.795. The van der Waals surface area contributed by atoms with E-state index >= 15 is 0 Å². The summed E-state index contributed by atoms with van der Waals surface area (Å²) >= 11 is 0. The number of carboxylic acids is 1. The van der Waals surface area contributed by atoms with Gasteiger partial charge in [0.15, 0.2) is 0 Å². The van der Waals surface area contributed by atoms with Crippen LogP contribution in [0, 0.1) is 0 Å². The molecule has 0 unspecified atom stereocenters. The van der Waals surface area contributed by atoms with E-state index in [0.29, 0.717) is 5.69 Å². The molecule has 0 radical (unpaired) electrons. The molecule has 0 saturated heterocycles. The van der Waals surface area contributed by atoms with Crippen LogP contribution in [0.2, 0.25) is 0 Å². The van der Waals surface area contributed by atoms with Gasteiger partial charge in [-0.3, -0.25) is 0 Å². The Morgan fingerprint density at radius 1 is 1.67 bits per heavy atom. The van der Waals surface area contributed by atoms with Crippen LogP contribution in [0.15, 0.2) is 17.0 Å². The molecule has 0 aliphatic heterocycles. The first kappa shape index (κ1) is 9.38. The van der Waals surface area contributed by atoms with Crippen molar-refractivity contribution in [3.05, 3.63) is 18.3 Å². The standard InChI is InChI=1S/C8H8N4O3/c1-2-12-3-5(9-4-12)7-10-6(8(13)14)11-15-7/h3-4H,2H2,1H3,(H,13,14). The molecule has 2 heterocycles. The molecule has 0 fully saturated rings. The SMILES string of the molecule is CCn1cnc(-c2nc(C(=O)O)no2)c1. The minimum absolute atomic E-state index is 0.111. The molecule has 2 aromatic heterocycles. The van der Waals surface area contributed by atoms with Gasteiger partial charge in [0.2, 0.25) is 0 Å². The van der Waals surface area contributed by atoms with Gasteiger partial charge in [-0.05, 0) is 12.1 Å². The molecule has 7 nitrogen and oxygen atoms in total. The van der Waals surface area contributed by atoms with Gasteiger partial charge in [0.1, 0.15) is 5.69 Å². The molecule has 0 amide bonds. The van der Waals surface area contributed by atoms with E-state index in [0.717, 1.165) is 6.54 Å². The first-order valence-electron chi connectivity index (χ1n) is 4.30. The fourth-order valence-corrected chi connectivity index (χ4v) is 1.06. The first-order chi connectivity index (χ1) is 7.20. The fraction of sp³-hybridized carbons (Fsp3) is 0.250. The molecule has 78 valence electrons. The monoisotopic (exact) mass is 208 g/mol. The van der Waals surface area contributed by atoms with Crippen LogP contribution in [-0.4, -0.2) is 30.8 Å². The minimum Gasteiger partial charge on any atom is -0.475 e. The number of carboxylic acid groups (broad SMARTS) is 1. The Hall–Kier alpha value is -2.18. The molecule has 0 aromatic carbocycles. The van der Waals surface area contributed by atoms with E-state index < -0.39 is 5.97 Å². The molecule has 2 rings (SSSR count). The zero-order valence-corrected chi connectivity index (χ0v) is 7.91. The van der Waals surface area contributed by atoms with Crippen LogP contribution in [0.25, 0.3) is 11.6 Å². The topological polar surface area (TPSA) is 94.0 Å². The largest absolute Gasteiger partial charge is 0.475 e. The van der Waals surface area contributed by atoms with Gasteiger partial charge in [-0.2, -0.15) is 4.98 Å². The van der Waals surface area contributed by atoms with E-state index in [1.165, 1.54) is 0 Å². The maximum absolute atomic E-state index is 10.5. The van der Waals surface area contributed by atoms with E-state index in [1.54, 1.807) is 12.5 Å². The second-order valence-electron chi connectivity index (χ2n) is 2.82. The number of hydrogen-bond donors (Lipinski definition) is 1. The van der Waals surface area contributed by atoms with Gasteiger partial charge in [-0.25, -0.2) is 9.78 Å². The fourth-order valence-electron chi connectivity index (χ4n) is 1.06. The molecule has 1 N–H and O–H groups in total. The molecule has 0 saturated carbocycles. The third-order valence-electron chi connectivity index (χ3n) is 1.83. The van der Waals surface area contributed by atoms with Crippen molar-refractivity contribution in [2.75, 3.05) is 0 Å². The van der Waals surface area contributed by atoms with Crippen molar-refractivity contribution < 1.29 is 14.4 Å². The van der Waals surface area contributed by atoms with Gasteiger partial charge in [0, 0.05) is 12.7 Å². The summed E-state index contributed by atoms with van der Waals surface area (Å²) in [5, 5.41) is 11.9. The molecule has 0 spiro atoms. The summed E-state index contributed by atoms with van der Waals surface area (Å²) in [6, 6.07) is 0. The number of aryl methyl sites for hydroxylation is 1. The average molecular weight is 208 g/mol. The molecule has 0 bridgehead atoms. The minimum atomic E-state index is -1.22. The highest BCUT2D eigenvalue weighted by molar-refractivity contribution is 5.83. The second kappa shape index (κ2) is 3.52. The molecular formula is C8H8N4O3. The molecule has 15 heavy (non-hydrogen) atoms. The van der Waals surface area contributed by atoms with Crippen molar-refractivity contribution in [3.63, 3.8) is 0 Å². The smallest absolute Gasteiger partial charge is 0.377 e. The third-order valence-corrected chi connectivity index (χ3v) is 1.83. The van der Waals surface area contributed by atoms with Crippen molar-refractivity contribution in [1.82, 2.24) is 19.7 Å².